The number of nitrogens with two attached hydrogens (primary N) is 1. The van der Waals surface area contributed by atoms with Gasteiger partial charge in [0.25, 0.3) is 0 Å². The molecule has 2 atom stereocenters. The van der Waals surface area contributed by atoms with Crippen LogP contribution in [-0.4, -0.2) is 26.4 Å². The standard InChI is InChI=1S/C27H27F2N3O2/c1-2-26-15-18-16-31-32(22-7-5-20(28)6-8-22)24(18)13-19(26)10-12-27(26,34)11-9-17-3-4-21(29)14-23(17)25(30)33/h3-8,13-14,16,34H,2,9-12,15H2,1H3,(H2,30,33)/t26-,27-/m0/s1. The minimum absolute atomic E-state index is 0.161. The Kier molecular flexibility index (Phi) is 5.40. The fraction of sp³-hybridized carbons (Fsp3) is 0.333. The Hall–Kier alpha value is -3.32. The van der Waals surface area contributed by atoms with E-state index in [0.29, 0.717) is 31.2 Å². The molecule has 5 nitrogen and oxygen atoms in total. The van der Waals surface area contributed by atoms with Crippen molar-refractivity contribution in [2.24, 2.45) is 11.1 Å². The summed E-state index contributed by atoms with van der Waals surface area (Å²) >= 11 is 0. The first-order valence-corrected chi connectivity index (χ1v) is 11.6. The molecule has 5 rings (SSSR count). The van der Waals surface area contributed by atoms with E-state index in [9.17, 15) is 18.7 Å². The van der Waals surface area contributed by atoms with Gasteiger partial charge in [0.05, 0.1) is 23.2 Å². The number of benzene rings is 2. The van der Waals surface area contributed by atoms with Crippen LogP contribution in [0.5, 0.6) is 0 Å². The van der Waals surface area contributed by atoms with Crippen molar-refractivity contribution in [3.8, 4) is 5.69 Å². The highest BCUT2D eigenvalue weighted by Crippen LogP contribution is 2.59. The van der Waals surface area contributed by atoms with Gasteiger partial charge < -0.3 is 10.8 Å². The van der Waals surface area contributed by atoms with E-state index in [2.05, 4.69) is 18.1 Å². The second kappa shape index (κ2) is 8.17. The predicted molar refractivity (Wildman–Crippen MR) is 125 cm³/mol. The molecule has 2 aliphatic carbocycles. The maximum absolute atomic E-state index is 13.7. The lowest BCUT2D eigenvalue weighted by molar-refractivity contribution is -0.0569. The molecule has 3 N–H and O–H groups in total. The second-order valence-electron chi connectivity index (χ2n) is 9.42. The molecule has 2 aromatic carbocycles. The molecular formula is C27H27F2N3O2. The number of carbonyl (C=O) groups excluding carboxylic acids is 1. The smallest absolute Gasteiger partial charge is 0.249 e. The Labute approximate surface area is 196 Å². The van der Waals surface area contributed by atoms with E-state index in [0.717, 1.165) is 35.9 Å². The Morgan fingerprint density at radius 3 is 2.62 bits per heavy atom. The van der Waals surface area contributed by atoms with E-state index in [-0.39, 0.29) is 11.4 Å². The van der Waals surface area contributed by atoms with Crippen LogP contribution in [0, 0.1) is 17.0 Å². The summed E-state index contributed by atoms with van der Waals surface area (Å²) < 4.78 is 28.9. The number of primary amides is 1. The molecule has 1 saturated carbocycles. The quantitative estimate of drug-likeness (QED) is 0.554. The van der Waals surface area contributed by atoms with E-state index < -0.39 is 22.7 Å². The number of aryl methyl sites for hydroxylation is 1. The molecule has 0 aliphatic heterocycles. The molecule has 0 radical (unpaired) electrons. The minimum Gasteiger partial charge on any atom is -0.389 e. The van der Waals surface area contributed by atoms with Crippen molar-refractivity contribution >= 4 is 12.0 Å². The summed E-state index contributed by atoms with van der Waals surface area (Å²) in [5.74, 6) is -1.48. The lowest BCUT2D eigenvalue weighted by Gasteiger charge is -2.45. The average Bonchev–Trinajstić information content (AvgIpc) is 3.36. The number of rotatable bonds is 6. The third kappa shape index (κ3) is 3.46. The lowest BCUT2D eigenvalue weighted by Crippen LogP contribution is -2.47. The lowest BCUT2D eigenvalue weighted by atomic mass is 9.63. The summed E-state index contributed by atoms with van der Waals surface area (Å²) in [5, 5.41) is 16.5. The van der Waals surface area contributed by atoms with Crippen molar-refractivity contribution in [2.75, 3.05) is 0 Å². The van der Waals surface area contributed by atoms with Crippen molar-refractivity contribution in [1.82, 2.24) is 9.78 Å². The normalized spacial score (nSPS) is 23.4. The van der Waals surface area contributed by atoms with Gasteiger partial charge in [-0.25, -0.2) is 13.5 Å². The van der Waals surface area contributed by atoms with E-state index in [1.165, 1.54) is 23.8 Å². The molecule has 0 unspecified atom stereocenters. The fourth-order valence-corrected chi connectivity index (χ4v) is 5.95. The molecule has 34 heavy (non-hydrogen) atoms. The number of nitrogens with zero attached hydrogens (tertiary/aromatic N) is 2. The summed E-state index contributed by atoms with van der Waals surface area (Å²) in [7, 11) is 0. The molecule has 0 spiro atoms. The number of amides is 1. The van der Waals surface area contributed by atoms with Crippen molar-refractivity contribution in [3.05, 3.63) is 88.3 Å². The highest BCUT2D eigenvalue weighted by Gasteiger charge is 2.56. The Morgan fingerprint density at radius 1 is 1.18 bits per heavy atom. The molecule has 1 heterocycles. The zero-order valence-corrected chi connectivity index (χ0v) is 19.0. The molecule has 7 heteroatoms. The average molecular weight is 464 g/mol. The van der Waals surface area contributed by atoms with Crippen LogP contribution >= 0.6 is 0 Å². The highest BCUT2D eigenvalue weighted by molar-refractivity contribution is 5.94. The van der Waals surface area contributed by atoms with Crippen molar-refractivity contribution in [2.45, 2.75) is 51.0 Å². The van der Waals surface area contributed by atoms with Gasteiger partial charge in [-0.15, -0.1) is 0 Å². The number of hydrogen-bond donors (Lipinski definition) is 2. The Bertz CT molecular complexity index is 1300. The minimum atomic E-state index is -0.980. The van der Waals surface area contributed by atoms with Crippen LogP contribution < -0.4 is 5.73 Å². The van der Waals surface area contributed by atoms with Gasteiger partial charge in [0, 0.05) is 11.0 Å². The SMILES string of the molecule is CC[C@]12Cc3cnn(-c4ccc(F)cc4)c3C=C1CC[C@@]2(O)CCc1ccc(F)cc1C(N)=O. The van der Waals surface area contributed by atoms with Gasteiger partial charge in [0.2, 0.25) is 5.91 Å². The molecule has 3 aromatic rings. The van der Waals surface area contributed by atoms with Crippen molar-refractivity contribution < 1.29 is 18.7 Å². The van der Waals surface area contributed by atoms with Gasteiger partial charge in [0.1, 0.15) is 11.6 Å². The zero-order chi connectivity index (χ0) is 24.1. The van der Waals surface area contributed by atoms with E-state index in [1.54, 1.807) is 18.2 Å². The van der Waals surface area contributed by atoms with Crippen LogP contribution in [0.4, 0.5) is 8.78 Å². The van der Waals surface area contributed by atoms with Gasteiger partial charge in [-0.05, 0) is 92.1 Å². The summed E-state index contributed by atoms with van der Waals surface area (Å²) in [6.45, 7) is 2.09. The summed E-state index contributed by atoms with van der Waals surface area (Å²) in [6, 6.07) is 10.3. The Balaban J connectivity index is 1.46. The number of halogens is 2. The van der Waals surface area contributed by atoms with Gasteiger partial charge >= 0.3 is 0 Å². The molecule has 176 valence electrons. The van der Waals surface area contributed by atoms with Crippen molar-refractivity contribution in [1.29, 1.82) is 0 Å². The Morgan fingerprint density at radius 2 is 1.91 bits per heavy atom. The highest BCUT2D eigenvalue weighted by atomic mass is 19.1. The van der Waals surface area contributed by atoms with Gasteiger partial charge in [-0.2, -0.15) is 5.10 Å². The first-order valence-electron chi connectivity index (χ1n) is 11.6. The van der Waals surface area contributed by atoms with E-state index >= 15 is 0 Å². The number of aliphatic hydroxyl groups is 1. The third-order valence-electron chi connectivity index (χ3n) is 7.82. The third-order valence-corrected chi connectivity index (χ3v) is 7.82. The molecule has 0 saturated heterocycles. The fourth-order valence-electron chi connectivity index (χ4n) is 5.95. The molecule has 1 aromatic heterocycles. The van der Waals surface area contributed by atoms with Gasteiger partial charge in [-0.3, -0.25) is 4.79 Å². The number of hydrogen-bond acceptors (Lipinski definition) is 3. The molecule has 1 amide bonds. The van der Waals surface area contributed by atoms with E-state index in [1.807, 2.05) is 10.9 Å². The first-order chi connectivity index (χ1) is 16.3. The first kappa shape index (κ1) is 22.5. The van der Waals surface area contributed by atoms with Crippen LogP contribution in [0.15, 0.2) is 54.2 Å². The number of fused-ring (bicyclic) bond motifs is 2. The molecule has 2 aliphatic rings. The van der Waals surface area contributed by atoms with Gasteiger partial charge in [-0.1, -0.05) is 18.6 Å². The van der Waals surface area contributed by atoms with Gasteiger partial charge in [0.15, 0.2) is 0 Å². The summed E-state index contributed by atoms with van der Waals surface area (Å²) in [4.78, 5) is 11.8. The van der Waals surface area contributed by atoms with Crippen LogP contribution in [-0.2, 0) is 12.8 Å². The zero-order valence-electron chi connectivity index (χ0n) is 19.0. The molecule has 1 fully saturated rings. The predicted octanol–water partition coefficient (Wildman–Crippen LogP) is 4.74. The number of aromatic nitrogens is 2. The second-order valence-corrected chi connectivity index (χ2v) is 9.42. The van der Waals surface area contributed by atoms with Crippen LogP contribution in [0.3, 0.4) is 0 Å². The number of carbonyl (C=O) groups is 1. The largest absolute Gasteiger partial charge is 0.389 e. The van der Waals surface area contributed by atoms with Crippen LogP contribution in [0.1, 0.15) is 59.8 Å². The molecule has 0 bridgehead atoms. The maximum Gasteiger partial charge on any atom is 0.249 e. The molecular weight excluding hydrogens is 436 g/mol. The maximum atomic E-state index is 13.7. The topological polar surface area (TPSA) is 81.1 Å². The van der Waals surface area contributed by atoms with Crippen molar-refractivity contribution in [3.63, 3.8) is 0 Å². The van der Waals surface area contributed by atoms with Crippen LogP contribution in [0.25, 0.3) is 11.8 Å². The van der Waals surface area contributed by atoms with Crippen LogP contribution in [0.2, 0.25) is 0 Å². The summed E-state index contributed by atoms with van der Waals surface area (Å²) in [6.07, 6.45) is 7.57. The monoisotopic (exact) mass is 463 g/mol. The summed E-state index contributed by atoms with van der Waals surface area (Å²) in [5.41, 5.74) is 8.82. The van der Waals surface area contributed by atoms with E-state index in [4.69, 9.17) is 5.73 Å².